The molecule has 1 N–H and O–H groups in total. The van der Waals surface area contributed by atoms with Gasteiger partial charge in [0.2, 0.25) is 0 Å². The fourth-order valence-corrected chi connectivity index (χ4v) is 1.60. The SMILES string of the molecule is CCc1nn(C)cc1CNC(C)C(C)(C)C. The quantitative estimate of drug-likeness (QED) is 0.850. The lowest BCUT2D eigenvalue weighted by Crippen LogP contribution is -2.37. The monoisotopic (exact) mass is 223 g/mol. The Morgan fingerprint density at radius 1 is 1.44 bits per heavy atom. The maximum atomic E-state index is 4.45. The molecule has 0 radical (unpaired) electrons. The Labute approximate surface area is 99.2 Å². The van der Waals surface area contributed by atoms with Crippen molar-refractivity contribution in [1.29, 1.82) is 0 Å². The highest BCUT2D eigenvalue weighted by Gasteiger charge is 2.19. The fraction of sp³-hybridized carbons (Fsp3) is 0.769. The highest BCUT2D eigenvalue weighted by Crippen LogP contribution is 2.19. The van der Waals surface area contributed by atoms with Gasteiger partial charge in [0.15, 0.2) is 0 Å². The number of hydrogen-bond acceptors (Lipinski definition) is 2. The standard InChI is InChI=1S/C13H25N3/c1-7-12-11(9-16(6)15-12)8-14-10(2)13(3,4)5/h9-10,14H,7-8H2,1-6H3. The number of hydrogen-bond donors (Lipinski definition) is 1. The summed E-state index contributed by atoms with van der Waals surface area (Å²) in [4.78, 5) is 0. The van der Waals surface area contributed by atoms with Gasteiger partial charge in [-0.2, -0.15) is 5.10 Å². The summed E-state index contributed by atoms with van der Waals surface area (Å²) < 4.78 is 1.90. The van der Waals surface area contributed by atoms with Gasteiger partial charge in [0, 0.05) is 31.4 Å². The second kappa shape index (κ2) is 5.00. The van der Waals surface area contributed by atoms with Crippen LogP contribution < -0.4 is 5.32 Å². The van der Waals surface area contributed by atoms with Crippen molar-refractivity contribution in [3.8, 4) is 0 Å². The van der Waals surface area contributed by atoms with Crippen molar-refractivity contribution in [2.45, 2.75) is 53.6 Å². The van der Waals surface area contributed by atoms with Crippen LogP contribution in [0.4, 0.5) is 0 Å². The van der Waals surface area contributed by atoms with Crippen LogP contribution in [0.5, 0.6) is 0 Å². The molecule has 1 atom stereocenters. The molecule has 1 heterocycles. The average molecular weight is 223 g/mol. The third-order valence-electron chi connectivity index (χ3n) is 3.22. The summed E-state index contributed by atoms with van der Waals surface area (Å²) in [6, 6.07) is 0.498. The molecule has 0 spiro atoms. The van der Waals surface area contributed by atoms with E-state index in [9.17, 15) is 0 Å². The molecular weight excluding hydrogens is 198 g/mol. The summed E-state index contributed by atoms with van der Waals surface area (Å²) in [6.45, 7) is 12.1. The van der Waals surface area contributed by atoms with Crippen LogP contribution >= 0.6 is 0 Å². The Hall–Kier alpha value is -0.830. The van der Waals surface area contributed by atoms with Gasteiger partial charge in [-0.15, -0.1) is 0 Å². The molecule has 0 amide bonds. The predicted octanol–water partition coefficient (Wildman–Crippen LogP) is 2.51. The maximum Gasteiger partial charge on any atom is 0.0666 e. The average Bonchev–Trinajstić information content (AvgIpc) is 2.53. The van der Waals surface area contributed by atoms with Crippen molar-refractivity contribution >= 4 is 0 Å². The first-order chi connectivity index (χ1) is 7.34. The lowest BCUT2D eigenvalue weighted by atomic mass is 9.88. The fourth-order valence-electron chi connectivity index (χ4n) is 1.60. The normalized spacial score (nSPS) is 14.1. The molecule has 0 saturated carbocycles. The van der Waals surface area contributed by atoms with E-state index in [4.69, 9.17) is 0 Å². The molecule has 0 aliphatic carbocycles. The van der Waals surface area contributed by atoms with E-state index in [0.717, 1.165) is 13.0 Å². The van der Waals surface area contributed by atoms with E-state index in [1.165, 1.54) is 11.3 Å². The molecule has 0 aromatic carbocycles. The van der Waals surface area contributed by atoms with Crippen LogP contribution in [0.25, 0.3) is 0 Å². The molecule has 1 aromatic heterocycles. The van der Waals surface area contributed by atoms with Crippen LogP contribution in [0.3, 0.4) is 0 Å². The van der Waals surface area contributed by atoms with E-state index >= 15 is 0 Å². The third-order valence-corrected chi connectivity index (χ3v) is 3.22. The van der Waals surface area contributed by atoms with E-state index in [0.29, 0.717) is 11.5 Å². The van der Waals surface area contributed by atoms with Crippen molar-refractivity contribution in [3.05, 3.63) is 17.5 Å². The Balaban J connectivity index is 2.61. The summed E-state index contributed by atoms with van der Waals surface area (Å²) in [5, 5.41) is 8.02. The zero-order valence-corrected chi connectivity index (χ0v) is 11.5. The second-order valence-corrected chi connectivity index (χ2v) is 5.60. The highest BCUT2D eigenvalue weighted by atomic mass is 15.3. The van der Waals surface area contributed by atoms with Gasteiger partial charge >= 0.3 is 0 Å². The van der Waals surface area contributed by atoms with Crippen LogP contribution in [0.2, 0.25) is 0 Å². The number of nitrogens with one attached hydrogen (secondary N) is 1. The first-order valence-electron chi connectivity index (χ1n) is 6.09. The molecule has 0 aliphatic rings. The first kappa shape index (κ1) is 13.2. The smallest absolute Gasteiger partial charge is 0.0666 e. The van der Waals surface area contributed by atoms with E-state index in [1.807, 2.05) is 11.7 Å². The molecule has 0 saturated heterocycles. The van der Waals surface area contributed by atoms with Crippen molar-refractivity contribution in [1.82, 2.24) is 15.1 Å². The lowest BCUT2D eigenvalue weighted by molar-refractivity contribution is 0.285. The zero-order valence-electron chi connectivity index (χ0n) is 11.5. The van der Waals surface area contributed by atoms with Crippen LogP contribution in [-0.2, 0) is 20.0 Å². The molecule has 1 rings (SSSR count). The topological polar surface area (TPSA) is 29.9 Å². The summed E-state index contributed by atoms with van der Waals surface area (Å²) >= 11 is 0. The van der Waals surface area contributed by atoms with Crippen molar-refractivity contribution in [2.75, 3.05) is 0 Å². The molecule has 0 fully saturated rings. The van der Waals surface area contributed by atoms with Crippen molar-refractivity contribution in [2.24, 2.45) is 12.5 Å². The summed E-state index contributed by atoms with van der Waals surface area (Å²) in [5.41, 5.74) is 2.83. The predicted molar refractivity (Wildman–Crippen MR) is 68.3 cm³/mol. The van der Waals surface area contributed by atoms with Crippen molar-refractivity contribution < 1.29 is 0 Å². The second-order valence-electron chi connectivity index (χ2n) is 5.60. The summed E-state index contributed by atoms with van der Waals surface area (Å²) in [6.07, 6.45) is 3.11. The van der Waals surface area contributed by atoms with Gasteiger partial charge in [0.25, 0.3) is 0 Å². The number of aryl methyl sites for hydroxylation is 2. The van der Waals surface area contributed by atoms with E-state index in [-0.39, 0.29) is 0 Å². The minimum atomic E-state index is 0.300. The molecule has 3 nitrogen and oxygen atoms in total. The molecule has 3 heteroatoms. The zero-order chi connectivity index (χ0) is 12.3. The van der Waals surface area contributed by atoms with Gasteiger partial charge in [-0.1, -0.05) is 27.7 Å². The molecule has 16 heavy (non-hydrogen) atoms. The summed E-state index contributed by atoms with van der Waals surface area (Å²) in [7, 11) is 1.98. The van der Waals surface area contributed by atoms with E-state index < -0.39 is 0 Å². The molecule has 92 valence electrons. The molecule has 0 bridgehead atoms. The largest absolute Gasteiger partial charge is 0.310 e. The van der Waals surface area contributed by atoms with Crippen LogP contribution in [0.1, 0.15) is 45.9 Å². The third kappa shape index (κ3) is 3.34. The first-order valence-corrected chi connectivity index (χ1v) is 6.09. The molecule has 0 aliphatic heterocycles. The van der Waals surface area contributed by atoms with E-state index in [2.05, 4.69) is 51.2 Å². The van der Waals surface area contributed by atoms with E-state index in [1.54, 1.807) is 0 Å². The Morgan fingerprint density at radius 2 is 2.06 bits per heavy atom. The number of nitrogens with zero attached hydrogens (tertiary/aromatic N) is 2. The molecular formula is C13H25N3. The van der Waals surface area contributed by atoms with Crippen LogP contribution in [-0.4, -0.2) is 15.8 Å². The highest BCUT2D eigenvalue weighted by molar-refractivity contribution is 5.16. The van der Waals surface area contributed by atoms with Gasteiger partial charge < -0.3 is 5.32 Å². The maximum absolute atomic E-state index is 4.45. The van der Waals surface area contributed by atoms with Gasteiger partial charge in [-0.25, -0.2) is 0 Å². The molecule has 1 unspecified atom stereocenters. The summed E-state index contributed by atoms with van der Waals surface area (Å²) in [5.74, 6) is 0. The Kier molecular flexibility index (Phi) is 4.14. The van der Waals surface area contributed by atoms with Gasteiger partial charge in [0.05, 0.1) is 5.69 Å². The Morgan fingerprint density at radius 3 is 2.56 bits per heavy atom. The molecule has 1 aromatic rings. The Bertz CT molecular complexity index is 333. The minimum Gasteiger partial charge on any atom is -0.310 e. The number of aromatic nitrogens is 2. The van der Waals surface area contributed by atoms with Gasteiger partial charge in [-0.05, 0) is 18.8 Å². The minimum absolute atomic E-state index is 0.300. The van der Waals surface area contributed by atoms with Gasteiger partial charge in [-0.3, -0.25) is 4.68 Å². The van der Waals surface area contributed by atoms with Crippen LogP contribution in [0.15, 0.2) is 6.20 Å². The lowest BCUT2D eigenvalue weighted by Gasteiger charge is -2.28. The van der Waals surface area contributed by atoms with Gasteiger partial charge in [0.1, 0.15) is 0 Å². The number of rotatable bonds is 4. The van der Waals surface area contributed by atoms with Crippen LogP contribution in [0, 0.1) is 5.41 Å². The van der Waals surface area contributed by atoms with Crippen molar-refractivity contribution in [3.63, 3.8) is 0 Å².